The Morgan fingerprint density at radius 3 is 1.44 bits per heavy atom. The molecule has 2 aliphatic heterocycles. The van der Waals surface area contributed by atoms with Crippen LogP contribution in [0.5, 0.6) is 11.5 Å². The molecule has 0 unspecified atom stereocenters. The number of rotatable bonds is 9. The number of hydrogen-bond acceptors (Lipinski definition) is 6. The van der Waals surface area contributed by atoms with E-state index in [1.54, 1.807) is 38.5 Å². The lowest BCUT2D eigenvalue weighted by Crippen LogP contribution is -2.07. The van der Waals surface area contributed by atoms with E-state index in [0.29, 0.717) is 61.9 Å². The summed E-state index contributed by atoms with van der Waals surface area (Å²) in [5.41, 5.74) is 11.5. The Morgan fingerprint density at radius 1 is 0.435 bits per heavy atom. The zero-order chi connectivity index (χ0) is 42.2. The third-order valence-electron chi connectivity index (χ3n) is 11.2. The number of ketones is 2. The van der Waals surface area contributed by atoms with Crippen LogP contribution in [0.2, 0.25) is 0 Å². The van der Waals surface area contributed by atoms with Crippen LogP contribution in [0.4, 0.5) is 0 Å². The van der Waals surface area contributed by atoms with Gasteiger partial charge in [-0.3, -0.25) is 9.59 Å². The number of fused-ring (bicyclic) bond motifs is 8. The number of aromatic amines is 2. The van der Waals surface area contributed by atoms with E-state index in [2.05, 4.69) is 28.2 Å². The molecule has 0 radical (unpaired) electrons. The number of hydrogen-bond donors (Lipinski definition) is 2. The Labute approximate surface area is 357 Å². The molecular weight excluding hydrogens is 769 g/mol. The lowest BCUT2D eigenvalue weighted by molar-refractivity contribution is 0.103. The third kappa shape index (κ3) is 6.89. The summed E-state index contributed by atoms with van der Waals surface area (Å²) in [5, 5.41) is 0. The van der Waals surface area contributed by atoms with Crippen LogP contribution in [0.3, 0.4) is 0 Å². The highest BCUT2D eigenvalue weighted by Crippen LogP contribution is 2.39. The Balaban J connectivity index is 1.43. The first-order valence-electron chi connectivity index (χ1n) is 20.2. The smallest absolute Gasteiger partial charge is 0.197 e. The number of carbonyl (C=O) groups is 2. The van der Waals surface area contributed by atoms with Crippen molar-refractivity contribution in [3.63, 3.8) is 0 Å². The van der Waals surface area contributed by atoms with Gasteiger partial charge in [-0.1, -0.05) is 115 Å². The SMILES string of the molecule is COc1cccc(-c2c3nc(c(C(=O)c4ccccc4)c4[nH]c(cc4C(=O)c4ccccc4)c(-c4cccc(OC)c4)c4nc(c(-c5ccccc5)c5ccc2[nH]5)C=C4)C=C3)c1. The largest absolute Gasteiger partial charge is 0.497 e. The van der Waals surface area contributed by atoms with Crippen molar-refractivity contribution in [1.29, 1.82) is 0 Å². The van der Waals surface area contributed by atoms with Crippen molar-refractivity contribution in [1.82, 2.24) is 19.9 Å². The van der Waals surface area contributed by atoms with Crippen LogP contribution in [-0.2, 0) is 0 Å². The van der Waals surface area contributed by atoms with Gasteiger partial charge in [0.2, 0.25) is 0 Å². The van der Waals surface area contributed by atoms with E-state index in [4.69, 9.17) is 19.4 Å². The number of H-pyrrole nitrogens is 2. The summed E-state index contributed by atoms with van der Waals surface area (Å²) in [4.78, 5) is 48.0. The molecule has 0 fully saturated rings. The molecule has 2 aliphatic rings. The van der Waals surface area contributed by atoms with Gasteiger partial charge in [-0.25, -0.2) is 9.97 Å². The molecule has 8 aromatic rings. The molecule has 2 N–H and O–H groups in total. The van der Waals surface area contributed by atoms with Gasteiger partial charge in [0.1, 0.15) is 11.5 Å². The second-order valence-corrected chi connectivity index (χ2v) is 14.9. The van der Waals surface area contributed by atoms with E-state index in [1.807, 2.05) is 140 Å². The Bertz CT molecular complexity index is 3290. The topological polar surface area (TPSA) is 110 Å². The zero-order valence-electron chi connectivity index (χ0n) is 33.8. The predicted molar refractivity (Wildman–Crippen MR) is 248 cm³/mol. The summed E-state index contributed by atoms with van der Waals surface area (Å²) in [6.45, 7) is 0. The third-order valence-corrected chi connectivity index (χ3v) is 11.2. The van der Waals surface area contributed by atoms with Gasteiger partial charge in [0, 0.05) is 49.9 Å². The normalized spacial score (nSPS) is 11.7. The minimum absolute atomic E-state index is 0.248. The van der Waals surface area contributed by atoms with Crippen molar-refractivity contribution in [3.05, 3.63) is 203 Å². The molecule has 62 heavy (non-hydrogen) atoms. The highest BCUT2D eigenvalue weighted by atomic mass is 16.5. The minimum atomic E-state index is -0.296. The maximum atomic E-state index is 15.1. The van der Waals surface area contributed by atoms with E-state index in [-0.39, 0.29) is 17.1 Å². The number of methoxy groups -OCH3 is 2. The van der Waals surface area contributed by atoms with Crippen molar-refractivity contribution in [3.8, 4) is 44.9 Å². The highest BCUT2D eigenvalue weighted by molar-refractivity contribution is 6.22. The van der Waals surface area contributed by atoms with Gasteiger partial charge >= 0.3 is 0 Å². The van der Waals surface area contributed by atoms with Crippen LogP contribution in [0.1, 0.15) is 54.6 Å². The maximum Gasteiger partial charge on any atom is 0.197 e. The quantitative estimate of drug-likeness (QED) is 0.141. The van der Waals surface area contributed by atoms with Crippen molar-refractivity contribution in [2.45, 2.75) is 0 Å². The molecule has 3 aromatic heterocycles. The number of nitrogens with zero attached hydrogens (tertiary/aromatic N) is 2. The average molecular weight is 807 g/mol. The molecule has 0 atom stereocenters. The molecule has 10 rings (SSSR count). The molecule has 0 saturated carbocycles. The molecule has 8 heteroatoms. The fourth-order valence-corrected chi connectivity index (χ4v) is 8.26. The summed E-state index contributed by atoms with van der Waals surface area (Å²) in [6.07, 6.45) is 7.78. The fraction of sp³-hybridized carbons (Fsp3) is 0.0370. The molecule has 0 spiro atoms. The van der Waals surface area contributed by atoms with Gasteiger partial charge in [-0.15, -0.1) is 0 Å². The van der Waals surface area contributed by atoms with Crippen molar-refractivity contribution in [2.24, 2.45) is 0 Å². The second-order valence-electron chi connectivity index (χ2n) is 14.9. The number of aromatic nitrogens is 4. The van der Waals surface area contributed by atoms with Gasteiger partial charge in [0.25, 0.3) is 0 Å². The molecular formula is C54H38N4O4. The summed E-state index contributed by atoms with van der Waals surface area (Å²) < 4.78 is 11.4. The van der Waals surface area contributed by atoms with Gasteiger partial charge in [-0.2, -0.15) is 0 Å². The maximum absolute atomic E-state index is 15.1. The lowest BCUT2D eigenvalue weighted by atomic mass is 9.97. The number of carbonyl (C=O) groups excluding carboxylic acids is 2. The summed E-state index contributed by atoms with van der Waals surface area (Å²) in [6, 6.07) is 49.9. The van der Waals surface area contributed by atoms with Gasteiger partial charge in [0.05, 0.1) is 48.1 Å². The molecule has 298 valence electrons. The van der Waals surface area contributed by atoms with Crippen LogP contribution >= 0.6 is 0 Å². The van der Waals surface area contributed by atoms with Crippen LogP contribution < -0.4 is 9.47 Å². The van der Waals surface area contributed by atoms with Crippen molar-refractivity contribution < 1.29 is 19.1 Å². The lowest BCUT2D eigenvalue weighted by Gasteiger charge is -2.08. The van der Waals surface area contributed by atoms with Gasteiger partial charge in [0.15, 0.2) is 11.6 Å². The predicted octanol–water partition coefficient (Wildman–Crippen LogP) is 12.1. The first kappa shape index (κ1) is 37.9. The monoisotopic (exact) mass is 806 g/mol. The molecule has 0 amide bonds. The molecule has 0 aliphatic carbocycles. The van der Waals surface area contributed by atoms with Crippen LogP contribution in [0, 0.1) is 0 Å². The van der Waals surface area contributed by atoms with Gasteiger partial charge in [-0.05, 0) is 83.5 Å². The van der Waals surface area contributed by atoms with Crippen molar-refractivity contribution in [2.75, 3.05) is 14.2 Å². The number of benzene rings is 5. The van der Waals surface area contributed by atoms with Gasteiger partial charge < -0.3 is 19.4 Å². The molecule has 0 saturated heterocycles. The fourth-order valence-electron chi connectivity index (χ4n) is 8.26. The van der Waals surface area contributed by atoms with E-state index in [9.17, 15) is 4.79 Å². The summed E-state index contributed by atoms with van der Waals surface area (Å²) in [5.74, 6) is 0.785. The van der Waals surface area contributed by atoms with Crippen LogP contribution in [0.25, 0.3) is 79.8 Å². The summed E-state index contributed by atoms with van der Waals surface area (Å²) in [7, 11) is 3.27. The van der Waals surface area contributed by atoms with Crippen molar-refractivity contribution >= 4 is 57.9 Å². The average Bonchev–Trinajstić information content (AvgIpc) is 4.18. The van der Waals surface area contributed by atoms with Crippen LogP contribution in [0.15, 0.2) is 158 Å². The number of ether oxygens (including phenoxy) is 2. The molecule has 8 nitrogen and oxygen atoms in total. The Morgan fingerprint density at radius 2 is 0.887 bits per heavy atom. The second kappa shape index (κ2) is 16.0. The Kier molecular flexibility index (Phi) is 9.78. The first-order chi connectivity index (χ1) is 30.5. The standard InChI is InChI=1S/C54H38N4O4/c1-61-38-22-12-20-36(30-38)49-43-26-24-41(55-43)48(33-14-6-3-7-15-33)42-25-27-45(56-42)50(37-21-13-23-39(31-37)62-2)47-32-40(53(59)34-16-8-4-9-17-34)52(58-47)51(46-29-28-44(49)57-46)54(60)35-18-10-5-11-19-35/h3-32,55,58H,1-2H3. The summed E-state index contributed by atoms with van der Waals surface area (Å²) >= 11 is 0. The molecule has 5 aromatic carbocycles. The van der Waals surface area contributed by atoms with Crippen LogP contribution in [-0.4, -0.2) is 45.7 Å². The van der Waals surface area contributed by atoms with E-state index in [0.717, 1.165) is 44.5 Å². The minimum Gasteiger partial charge on any atom is -0.497 e. The molecule has 8 bridgehead atoms. The zero-order valence-corrected chi connectivity index (χ0v) is 33.8. The molecule has 5 heterocycles. The Hall–Kier alpha value is -8.36. The van der Waals surface area contributed by atoms with E-state index in [1.165, 1.54) is 0 Å². The van der Waals surface area contributed by atoms with E-state index >= 15 is 4.79 Å². The van der Waals surface area contributed by atoms with E-state index < -0.39 is 0 Å². The highest BCUT2D eigenvalue weighted by Gasteiger charge is 2.26. The first-order valence-corrected chi connectivity index (χ1v) is 20.2. The number of nitrogens with one attached hydrogen (secondary N) is 2.